The van der Waals surface area contributed by atoms with E-state index in [0.717, 1.165) is 38.1 Å². The molecule has 28 heavy (non-hydrogen) atoms. The van der Waals surface area contributed by atoms with E-state index in [9.17, 15) is 18.0 Å². The summed E-state index contributed by atoms with van der Waals surface area (Å²) in [4.78, 5) is 14.9. The number of carbonyl (C=O) groups is 1. The molecular formula is C21H23F3N2O2. The zero-order chi connectivity index (χ0) is 20.1. The van der Waals surface area contributed by atoms with E-state index < -0.39 is 17.7 Å². The second kappa shape index (κ2) is 8.65. The highest BCUT2D eigenvalue weighted by molar-refractivity contribution is 5.96. The summed E-state index contributed by atoms with van der Waals surface area (Å²) in [5, 5.41) is 2.91. The van der Waals surface area contributed by atoms with Gasteiger partial charge in [0.15, 0.2) is 6.23 Å². The molecule has 1 heterocycles. The second-order valence-corrected chi connectivity index (χ2v) is 6.76. The maximum atomic E-state index is 12.9. The zero-order valence-electron chi connectivity index (χ0n) is 15.6. The lowest BCUT2D eigenvalue weighted by molar-refractivity contribution is -0.137. The number of para-hydroxylation sites is 1. The molecule has 1 unspecified atom stereocenters. The number of alkyl halides is 3. The molecule has 0 radical (unpaired) electrons. The zero-order valence-corrected chi connectivity index (χ0v) is 15.6. The molecule has 3 rings (SSSR count). The molecule has 150 valence electrons. The van der Waals surface area contributed by atoms with E-state index in [0.29, 0.717) is 12.1 Å². The maximum absolute atomic E-state index is 12.9. The van der Waals surface area contributed by atoms with Crippen molar-refractivity contribution >= 4 is 17.3 Å². The monoisotopic (exact) mass is 392 g/mol. The van der Waals surface area contributed by atoms with Crippen molar-refractivity contribution in [2.75, 3.05) is 18.4 Å². The third-order valence-corrected chi connectivity index (χ3v) is 4.76. The van der Waals surface area contributed by atoms with Crippen LogP contribution in [0.25, 0.3) is 0 Å². The van der Waals surface area contributed by atoms with E-state index in [1.807, 2.05) is 6.92 Å². The lowest BCUT2D eigenvalue weighted by Gasteiger charge is -2.26. The SMILES string of the molecule is CCC(OC(=O)c1ccccc1Nc1cccc(C(F)(F)F)c1)N1CCCC1. The van der Waals surface area contributed by atoms with Crippen molar-refractivity contribution < 1.29 is 22.7 Å². The van der Waals surface area contributed by atoms with Gasteiger partial charge in [0.25, 0.3) is 0 Å². The first kappa shape index (κ1) is 20.2. The number of likely N-dealkylation sites (tertiary alicyclic amines) is 1. The van der Waals surface area contributed by atoms with Gasteiger partial charge in [0.05, 0.1) is 16.8 Å². The average molecular weight is 392 g/mol. The van der Waals surface area contributed by atoms with Crippen molar-refractivity contribution in [3.8, 4) is 0 Å². The van der Waals surface area contributed by atoms with E-state index in [1.165, 1.54) is 12.1 Å². The van der Waals surface area contributed by atoms with Crippen LogP contribution in [0.15, 0.2) is 48.5 Å². The van der Waals surface area contributed by atoms with Crippen LogP contribution in [-0.2, 0) is 10.9 Å². The van der Waals surface area contributed by atoms with E-state index >= 15 is 0 Å². The number of ether oxygens (including phenoxy) is 1. The normalized spacial score (nSPS) is 16.0. The van der Waals surface area contributed by atoms with Gasteiger partial charge in [-0.15, -0.1) is 0 Å². The predicted octanol–water partition coefficient (Wildman–Crippen LogP) is 5.44. The number of nitrogens with one attached hydrogen (secondary N) is 1. The Morgan fingerprint density at radius 3 is 2.54 bits per heavy atom. The van der Waals surface area contributed by atoms with E-state index in [-0.39, 0.29) is 17.5 Å². The highest BCUT2D eigenvalue weighted by Gasteiger charge is 2.30. The number of esters is 1. The predicted molar refractivity (Wildman–Crippen MR) is 101 cm³/mol. The van der Waals surface area contributed by atoms with Crippen LogP contribution in [-0.4, -0.2) is 30.2 Å². The third-order valence-electron chi connectivity index (χ3n) is 4.76. The van der Waals surface area contributed by atoms with Crippen LogP contribution in [0.5, 0.6) is 0 Å². The molecule has 1 aliphatic rings. The molecule has 0 spiro atoms. The summed E-state index contributed by atoms with van der Waals surface area (Å²) in [5.74, 6) is -0.492. The van der Waals surface area contributed by atoms with E-state index in [4.69, 9.17) is 4.74 Å². The topological polar surface area (TPSA) is 41.6 Å². The molecule has 2 aromatic rings. The van der Waals surface area contributed by atoms with Gasteiger partial charge >= 0.3 is 12.1 Å². The number of hydrogen-bond donors (Lipinski definition) is 1. The first-order valence-corrected chi connectivity index (χ1v) is 9.37. The van der Waals surface area contributed by atoms with Crippen molar-refractivity contribution in [2.45, 2.75) is 38.6 Å². The molecule has 1 fully saturated rings. The average Bonchev–Trinajstić information content (AvgIpc) is 3.20. The van der Waals surface area contributed by atoms with Crippen LogP contribution >= 0.6 is 0 Å². The van der Waals surface area contributed by atoms with Crippen LogP contribution in [0.3, 0.4) is 0 Å². The molecular weight excluding hydrogens is 369 g/mol. The minimum atomic E-state index is -4.43. The molecule has 0 amide bonds. The molecule has 0 bridgehead atoms. The second-order valence-electron chi connectivity index (χ2n) is 6.76. The Balaban J connectivity index is 1.78. The van der Waals surface area contributed by atoms with Crippen molar-refractivity contribution in [2.24, 2.45) is 0 Å². The molecule has 7 heteroatoms. The van der Waals surface area contributed by atoms with Gasteiger partial charge in [-0.2, -0.15) is 13.2 Å². The number of halogens is 3. The van der Waals surface area contributed by atoms with Gasteiger partial charge in [0.2, 0.25) is 0 Å². The van der Waals surface area contributed by atoms with Gasteiger partial charge in [-0.05, 0) is 49.6 Å². The summed E-state index contributed by atoms with van der Waals surface area (Å²) in [7, 11) is 0. The van der Waals surface area contributed by atoms with Crippen LogP contribution < -0.4 is 5.32 Å². The molecule has 1 aliphatic heterocycles. The number of nitrogens with zero attached hydrogens (tertiary/aromatic N) is 1. The molecule has 1 saturated heterocycles. The third kappa shape index (κ3) is 4.84. The molecule has 1 N–H and O–H groups in total. The highest BCUT2D eigenvalue weighted by atomic mass is 19.4. The maximum Gasteiger partial charge on any atom is 0.416 e. The lowest BCUT2D eigenvalue weighted by atomic mass is 10.1. The van der Waals surface area contributed by atoms with Gasteiger partial charge in [0, 0.05) is 18.8 Å². The van der Waals surface area contributed by atoms with Crippen LogP contribution in [0, 0.1) is 0 Å². The Labute approximate surface area is 162 Å². The highest BCUT2D eigenvalue weighted by Crippen LogP contribution is 2.32. The van der Waals surface area contributed by atoms with Gasteiger partial charge < -0.3 is 10.1 Å². The Hall–Kier alpha value is -2.54. The molecule has 0 aliphatic carbocycles. The molecule has 4 nitrogen and oxygen atoms in total. The van der Waals surface area contributed by atoms with Gasteiger partial charge in [0.1, 0.15) is 0 Å². The van der Waals surface area contributed by atoms with E-state index in [1.54, 1.807) is 24.3 Å². The van der Waals surface area contributed by atoms with Crippen molar-refractivity contribution in [1.29, 1.82) is 0 Å². The Morgan fingerprint density at radius 1 is 1.14 bits per heavy atom. The van der Waals surface area contributed by atoms with Gasteiger partial charge in [-0.3, -0.25) is 4.90 Å². The fourth-order valence-electron chi connectivity index (χ4n) is 3.33. The van der Waals surface area contributed by atoms with Gasteiger partial charge in [-0.25, -0.2) is 4.79 Å². The Bertz CT molecular complexity index is 817. The smallest absolute Gasteiger partial charge is 0.416 e. The van der Waals surface area contributed by atoms with Crippen molar-refractivity contribution in [3.05, 3.63) is 59.7 Å². The summed E-state index contributed by atoms with van der Waals surface area (Å²) >= 11 is 0. The molecule has 0 aromatic heterocycles. The van der Waals surface area contributed by atoms with Crippen molar-refractivity contribution in [1.82, 2.24) is 4.90 Å². The molecule has 2 aromatic carbocycles. The van der Waals surface area contributed by atoms with E-state index in [2.05, 4.69) is 10.2 Å². The number of anilines is 2. The van der Waals surface area contributed by atoms with Gasteiger partial charge in [-0.1, -0.05) is 25.1 Å². The number of rotatable bonds is 6. The minimum Gasteiger partial charge on any atom is -0.443 e. The molecule has 1 atom stereocenters. The summed E-state index contributed by atoms with van der Waals surface area (Å²) in [5.41, 5.74) is 0.194. The summed E-state index contributed by atoms with van der Waals surface area (Å²) in [6.45, 7) is 3.76. The fraction of sp³-hybridized carbons (Fsp3) is 0.381. The minimum absolute atomic E-state index is 0.252. The first-order chi connectivity index (χ1) is 13.4. The Kier molecular flexibility index (Phi) is 6.24. The standard InChI is InChI=1S/C21H23F3N2O2/c1-2-19(26-12-5-6-13-26)28-20(27)17-10-3-4-11-18(17)25-16-9-7-8-15(14-16)21(22,23)24/h3-4,7-11,14,19,25H,2,5-6,12-13H2,1H3. The Morgan fingerprint density at radius 2 is 1.86 bits per heavy atom. The number of carbonyl (C=O) groups excluding carboxylic acids is 1. The summed E-state index contributed by atoms with van der Waals surface area (Å²) < 4.78 is 44.5. The first-order valence-electron chi connectivity index (χ1n) is 9.37. The largest absolute Gasteiger partial charge is 0.443 e. The number of benzene rings is 2. The van der Waals surface area contributed by atoms with Crippen LogP contribution in [0.1, 0.15) is 42.1 Å². The van der Waals surface area contributed by atoms with Crippen molar-refractivity contribution in [3.63, 3.8) is 0 Å². The van der Waals surface area contributed by atoms with Crippen LogP contribution in [0.4, 0.5) is 24.5 Å². The number of hydrogen-bond acceptors (Lipinski definition) is 4. The quantitative estimate of drug-likeness (QED) is 0.665. The molecule has 0 saturated carbocycles. The fourth-order valence-corrected chi connectivity index (χ4v) is 3.33. The lowest BCUT2D eigenvalue weighted by Crippen LogP contribution is -2.36. The summed E-state index contributed by atoms with van der Waals surface area (Å²) in [6, 6.07) is 11.5. The summed E-state index contributed by atoms with van der Waals surface area (Å²) in [6.07, 6.45) is -1.88. The van der Waals surface area contributed by atoms with Crippen LogP contribution in [0.2, 0.25) is 0 Å².